The molecule has 0 aromatic heterocycles. The summed E-state index contributed by atoms with van der Waals surface area (Å²) in [6.45, 7) is 3.66. The summed E-state index contributed by atoms with van der Waals surface area (Å²) in [6, 6.07) is -0.816. The predicted molar refractivity (Wildman–Crippen MR) is 64.4 cm³/mol. The van der Waals surface area contributed by atoms with E-state index >= 15 is 0 Å². The van der Waals surface area contributed by atoms with E-state index in [0.717, 1.165) is 25.7 Å². The molecule has 17 heavy (non-hydrogen) atoms. The molecular weight excluding hydrogens is 220 g/mol. The number of hydrogen-bond donors (Lipinski definition) is 3. The number of rotatable bonds is 7. The Morgan fingerprint density at radius 1 is 1.53 bits per heavy atom. The molecule has 1 aliphatic rings. The Hall–Kier alpha value is -1.10. The maximum Gasteiger partial charge on any atom is 0.326 e. The molecule has 1 amide bonds. The second kappa shape index (κ2) is 5.49. The first-order valence-electron chi connectivity index (χ1n) is 6.22. The van der Waals surface area contributed by atoms with Crippen LogP contribution in [-0.4, -0.2) is 28.6 Å². The second-order valence-corrected chi connectivity index (χ2v) is 5.06. The van der Waals surface area contributed by atoms with Crippen LogP contribution >= 0.6 is 0 Å². The van der Waals surface area contributed by atoms with Crippen molar-refractivity contribution in [3.05, 3.63) is 0 Å². The van der Waals surface area contributed by atoms with E-state index < -0.39 is 17.6 Å². The maximum atomic E-state index is 11.9. The van der Waals surface area contributed by atoms with Gasteiger partial charge in [0.1, 0.15) is 6.04 Å². The van der Waals surface area contributed by atoms with Crippen LogP contribution in [0.4, 0.5) is 0 Å². The average molecular weight is 242 g/mol. The van der Waals surface area contributed by atoms with Crippen LogP contribution in [-0.2, 0) is 9.59 Å². The highest BCUT2D eigenvalue weighted by Crippen LogP contribution is 2.38. The summed E-state index contributed by atoms with van der Waals surface area (Å²) in [4.78, 5) is 22.9. The minimum absolute atomic E-state index is 0.197. The van der Waals surface area contributed by atoms with Crippen molar-refractivity contribution >= 4 is 11.9 Å². The molecule has 0 bridgehead atoms. The van der Waals surface area contributed by atoms with Crippen molar-refractivity contribution < 1.29 is 14.7 Å². The van der Waals surface area contributed by atoms with Crippen molar-refractivity contribution in [3.63, 3.8) is 0 Å². The monoisotopic (exact) mass is 242 g/mol. The molecule has 0 radical (unpaired) electrons. The third kappa shape index (κ3) is 3.70. The zero-order chi connectivity index (χ0) is 13.1. The molecule has 98 valence electrons. The van der Waals surface area contributed by atoms with Gasteiger partial charge >= 0.3 is 5.97 Å². The van der Waals surface area contributed by atoms with E-state index in [1.165, 1.54) is 0 Å². The third-order valence-corrected chi connectivity index (χ3v) is 3.36. The molecule has 0 aliphatic heterocycles. The van der Waals surface area contributed by atoms with Crippen LogP contribution in [0.15, 0.2) is 0 Å². The van der Waals surface area contributed by atoms with Crippen molar-refractivity contribution in [1.82, 2.24) is 5.32 Å². The summed E-state index contributed by atoms with van der Waals surface area (Å²) >= 11 is 0. The number of unbranched alkanes of at least 4 members (excludes halogenated alkanes) is 1. The van der Waals surface area contributed by atoms with Crippen LogP contribution in [0, 0.1) is 5.92 Å². The van der Waals surface area contributed by atoms with Gasteiger partial charge in [0.2, 0.25) is 5.91 Å². The molecule has 0 spiro atoms. The lowest BCUT2D eigenvalue weighted by molar-refractivity contribution is -0.143. The standard InChI is InChI=1S/C12H22N2O3/c1-3-4-5-9(10(15)16)14-11(17)12(2,13)8-6-7-8/h8-9H,3-7,13H2,1-2H3,(H,14,17)(H,15,16)/t9-,12?/m0/s1. The topological polar surface area (TPSA) is 92.4 Å². The van der Waals surface area contributed by atoms with Crippen molar-refractivity contribution in [2.45, 2.75) is 57.5 Å². The molecule has 4 N–H and O–H groups in total. The molecule has 5 nitrogen and oxygen atoms in total. The zero-order valence-electron chi connectivity index (χ0n) is 10.5. The molecule has 5 heteroatoms. The molecule has 0 heterocycles. The van der Waals surface area contributed by atoms with Crippen LogP contribution in [0.2, 0.25) is 0 Å². The Balaban J connectivity index is 2.53. The number of carbonyl (C=O) groups is 2. The van der Waals surface area contributed by atoms with Crippen LogP contribution in [0.25, 0.3) is 0 Å². The first kappa shape index (κ1) is 14.0. The van der Waals surface area contributed by atoms with Gasteiger partial charge in [-0.25, -0.2) is 4.79 Å². The van der Waals surface area contributed by atoms with Gasteiger partial charge in [-0.3, -0.25) is 4.79 Å². The molecule has 1 unspecified atom stereocenters. The maximum absolute atomic E-state index is 11.9. The van der Waals surface area contributed by atoms with E-state index in [0.29, 0.717) is 6.42 Å². The van der Waals surface area contributed by atoms with Crippen molar-refractivity contribution in [3.8, 4) is 0 Å². The highest BCUT2D eigenvalue weighted by atomic mass is 16.4. The van der Waals surface area contributed by atoms with Gasteiger partial charge in [-0.2, -0.15) is 0 Å². The molecule has 0 aromatic rings. The van der Waals surface area contributed by atoms with Gasteiger partial charge in [-0.1, -0.05) is 19.8 Å². The summed E-state index contributed by atoms with van der Waals surface area (Å²) in [5.74, 6) is -1.13. The predicted octanol–water partition coefficient (Wildman–Crippen LogP) is 0.873. The normalized spacial score (nSPS) is 20.4. The fourth-order valence-electron chi connectivity index (χ4n) is 1.85. The molecular formula is C12H22N2O3. The lowest BCUT2D eigenvalue weighted by Gasteiger charge is -2.25. The number of carboxylic acid groups (broad SMARTS) is 1. The summed E-state index contributed by atoms with van der Waals surface area (Å²) in [7, 11) is 0. The van der Waals surface area contributed by atoms with Gasteiger partial charge in [-0.15, -0.1) is 0 Å². The van der Waals surface area contributed by atoms with Crippen LogP contribution in [0.5, 0.6) is 0 Å². The number of carboxylic acids is 1. The highest BCUT2D eigenvalue weighted by Gasteiger charge is 2.44. The quantitative estimate of drug-likeness (QED) is 0.617. The van der Waals surface area contributed by atoms with Gasteiger partial charge in [0, 0.05) is 0 Å². The lowest BCUT2D eigenvalue weighted by atomic mass is 9.95. The minimum Gasteiger partial charge on any atom is -0.480 e. The number of amides is 1. The SMILES string of the molecule is CCCC[C@H](NC(=O)C(C)(N)C1CC1)C(=O)O. The fourth-order valence-corrected chi connectivity index (χ4v) is 1.85. The number of nitrogens with two attached hydrogens (primary N) is 1. The van der Waals surface area contributed by atoms with Crippen LogP contribution in [0.1, 0.15) is 46.0 Å². The first-order valence-corrected chi connectivity index (χ1v) is 6.22. The lowest BCUT2D eigenvalue weighted by Crippen LogP contribution is -2.57. The van der Waals surface area contributed by atoms with E-state index in [4.69, 9.17) is 10.8 Å². The zero-order valence-corrected chi connectivity index (χ0v) is 10.5. The van der Waals surface area contributed by atoms with Gasteiger partial charge < -0.3 is 16.2 Å². The van der Waals surface area contributed by atoms with Gasteiger partial charge in [0.15, 0.2) is 0 Å². The Labute approximate surface area is 102 Å². The molecule has 1 saturated carbocycles. The number of nitrogens with one attached hydrogen (secondary N) is 1. The summed E-state index contributed by atoms with van der Waals surface area (Å²) < 4.78 is 0. The smallest absolute Gasteiger partial charge is 0.326 e. The minimum atomic E-state index is -0.988. The second-order valence-electron chi connectivity index (χ2n) is 5.06. The number of aliphatic carboxylic acids is 1. The molecule has 1 aliphatic carbocycles. The number of carbonyl (C=O) groups excluding carboxylic acids is 1. The average Bonchev–Trinajstić information content (AvgIpc) is 3.06. The van der Waals surface area contributed by atoms with E-state index in [1.54, 1.807) is 6.92 Å². The largest absolute Gasteiger partial charge is 0.480 e. The van der Waals surface area contributed by atoms with Gasteiger partial charge in [-0.05, 0) is 32.1 Å². The highest BCUT2D eigenvalue weighted by molar-refractivity contribution is 5.90. The van der Waals surface area contributed by atoms with Crippen molar-refractivity contribution in [1.29, 1.82) is 0 Å². The summed E-state index contributed by atoms with van der Waals surface area (Å²) in [6.07, 6.45) is 4.04. The van der Waals surface area contributed by atoms with E-state index in [-0.39, 0.29) is 11.8 Å². The van der Waals surface area contributed by atoms with Crippen LogP contribution in [0.3, 0.4) is 0 Å². The first-order chi connectivity index (χ1) is 7.89. The Morgan fingerprint density at radius 3 is 2.53 bits per heavy atom. The Morgan fingerprint density at radius 2 is 2.12 bits per heavy atom. The van der Waals surface area contributed by atoms with E-state index in [2.05, 4.69) is 5.32 Å². The number of hydrogen-bond acceptors (Lipinski definition) is 3. The Kier molecular flexibility index (Phi) is 4.51. The van der Waals surface area contributed by atoms with Gasteiger partial charge in [0.25, 0.3) is 0 Å². The summed E-state index contributed by atoms with van der Waals surface area (Å²) in [5.41, 5.74) is 5.01. The van der Waals surface area contributed by atoms with Crippen LogP contribution < -0.4 is 11.1 Å². The fraction of sp³-hybridized carbons (Fsp3) is 0.833. The summed E-state index contributed by atoms with van der Waals surface area (Å²) in [5, 5.41) is 11.6. The van der Waals surface area contributed by atoms with Gasteiger partial charge in [0.05, 0.1) is 5.54 Å². The van der Waals surface area contributed by atoms with Crippen molar-refractivity contribution in [2.24, 2.45) is 11.7 Å². The molecule has 0 aromatic carbocycles. The third-order valence-electron chi connectivity index (χ3n) is 3.36. The molecule has 0 saturated heterocycles. The molecule has 1 fully saturated rings. The van der Waals surface area contributed by atoms with E-state index in [1.807, 2.05) is 6.92 Å². The van der Waals surface area contributed by atoms with Crippen molar-refractivity contribution in [2.75, 3.05) is 0 Å². The molecule has 1 rings (SSSR count). The Bertz CT molecular complexity index is 298. The van der Waals surface area contributed by atoms with E-state index in [9.17, 15) is 9.59 Å². The molecule has 2 atom stereocenters.